The molecule has 0 spiro atoms. The quantitative estimate of drug-likeness (QED) is 0.579. The summed E-state index contributed by atoms with van der Waals surface area (Å²) in [5.74, 6) is 1.08. The van der Waals surface area contributed by atoms with Crippen LogP contribution in [0.25, 0.3) is 0 Å². The summed E-state index contributed by atoms with van der Waals surface area (Å²) in [5, 5.41) is 8.96. The fourth-order valence-electron chi connectivity index (χ4n) is 3.18. The van der Waals surface area contributed by atoms with E-state index in [2.05, 4.69) is 13.8 Å². The fraction of sp³-hybridized carbons (Fsp3) is 0.941. The minimum atomic E-state index is -0.580. The number of carboxylic acid groups (broad SMARTS) is 1. The van der Waals surface area contributed by atoms with E-state index in [-0.39, 0.29) is 5.92 Å². The van der Waals surface area contributed by atoms with Crippen molar-refractivity contribution in [2.75, 3.05) is 0 Å². The van der Waals surface area contributed by atoms with E-state index in [9.17, 15) is 4.79 Å². The Morgan fingerprint density at radius 2 is 1.74 bits per heavy atom. The molecule has 2 heteroatoms. The van der Waals surface area contributed by atoms with Crippen molar-refractivity contribution in [3.05, 3.63) is 0 Å². The lowest BCUT2D eigenvalue weighted by Gasteiger charge is -2.25. The van der Waals surface area contributed by atoms with E-state index in [0.29, 0.717) is 0 Å². The SMILES string of the molecule is CC[C@H](C)CCCCCCC1CCC(C(=O)O)CC1. The predicted octanol–water partition coefficient (Wildman–Crippen LogP) is 5.26. The monoisotopic (exact) mass is 268 g/mol. The lowest BCUT2D eigenvalue weighted by atomic mass is 9.80. The third-order valence-corrected chi connectivity index (χ3v) is 4.95. The Bertz CT molecular complexity index is 242. The number of carboxylic acids is 1. The molecule has 0 aromatic rings. The molecule has 1 N–H and O–H groups in total. The van der Waals surface area contributed by atoms with Crippen LogP contribution >= 0.6 is 0 Å². The van der Waals surface area contributed by atoms with Crippen molar-refractivity contribution in [2.24, 2.45) is 17.8 Å². The highest BCUT2D eigenvalue weighted by molar-refractivity contribution is 5.69. The molecule has 0 saturated heterocycles. The van der Waals surface area contributed by atoms with Crippen LogP contribution in [0.1, 0.15) is 84.5 Å². The third kappa shape index (κ3) is 6.98. The summed E-state index contributed by atoms with van der Waals surface area (Å²) in [5.41, 5.74) is 0. The van der Waals surface area contributed by atoms with Gasteiger partial charge in [0, 0.05) is 0 Å². The molecule has 0 aromatic heterocycles. The van der Waals surface area contributed by atoms with Gasteiger partial charge in [-0.05, 0) is 37.5 Å². The first-order chi connectivity index (χ1) is 9.13. The van der Waals surface area contributed by atoms with Crippen LogP contribution in [0.4, 0.5) is 0 Å². The highest BCUT2D eigenvalue weighted by Gasteiger charge is 2.25. The smallest absolute Gasteiger partial charge is 0.306 e. The second-order valence-electron chi connectivity index (χ2n) is 6.56. The first-order valence-electron chi connectivity index (χ1n) is 8.36. The van der Waals surface area contributed by atoms with Gasteiger partial charge in [-0.1, -0.05) is 58.8 Å². The highest BCUT2D eigenvalue weighted by Crippen LogP contribution is 2.32. The molecular weight excluding hydrogens is 236 g/mol. The van der Waals surface area contributed by atoms with E-state index in [0.717, 1.165) is 37.5 Å². The maximum absolute atomic E-state index is 10.9. The molecule has 19 heavy (non-hydrogen) atoms. The lowest BCUT2D eigenvalue weighted by Crippen LogP contribution is -2.21. The molecule has 1 aliphatic carbocycles. The number of carbonyl (C=O) groups is 1. The third-order valence-electron chi connectivity index (χ3n) is 4.95. The maximum Gasteiger partial charge on any atom is 0.306 e. The Labute approximate surface area is 119 Å². The molecular formula is C17H32O2. The van der Waals surface area contributed by atoms with Gasteiger partial charge in [-0.15, -0.1) is 0 Å². The second-order valence-corrected chi connectivity index (χ2v) is 6.56. The van der Waals surface area contributed by atoms with E-state index in [1.54, 1.807) is 0 Å². The largest absolute Gasteiger partial charge is 0.481 e. The Balaban J connectivity index is 1.95. The fourth-order valence-corrected chi connectivity index (χ4v) is 3.18. The van der Waals surface area contributed by atoms with E-state index >= 15 is 0 Å². The van der Waals surface area contributed by atoms with Gasteiger partial charge >= 0.3 is 5.97 Å². The molecule has 1 aliphatic rings. The van der Waals surface area contributed by atoms with Gasteiger partial charge in [-0.25, -0.2) is 0 Å². The van der Waals surface area contributed by atoms with Gasteiger partial charge in [0.2, 0.25) is 0 Å². The molecule has 1 fully saturated rings. The summed E-state index contributed by atoms with van der Waals surface area (Å²) in [6, 6.07) is 0. The molecule has 112 valence electrons. The average Bonchev–Trinajstić information content (AvgIpc) is 2.42. The van der Waals surface area contributed by atoms with E-state index in [4.69, 9.17) is 5.11 Å². The van der Waals surface area contributed by atoms with Crippen LogP contribution in [0.3, 0.4) is 0 Å². The highest BCUT2D eigenvalue weighted by atomic mass is 16.4. The zero-order chi connectivity index (χ0) is 14.1. The molecule has 0 aromatic carbocycles. The van der Waals surface area contributed by atoms with Crippen molar-refractivity contribution in [3.63, 3.8) is 0 Å². The topological polar surface area (TPSA) is 37.3 Å². The standard InChI is InChI=1S/C17H32O2/c1-3-14(2)8-6-4-5-7-9-15-10-12-16(13-11-15)17(18)19/h14-16H,3-13H2,1-2H3,(H,18,19)/t14-,15?,16?/m0/s1. The molecule has 0 amide bonds. The van der Waals surface area contributed by atoms with Crippen molar-refractivity contribution in [2.45, 2.75) is 84.5 Å². The summed E-state index contributed by atoms with van der Waals surface area (Å²) in [4.78, 5) is 10.9. The lowest BCUT2D eigenvalue weighted by molar-refractivity contribution is -0.143. The van der Waals surface area contributed by atoms with Gasteiger partial charge in [0.1, 0.15) is 0 Å². The van der Waals surface area contributed by atoms with Crippen LogP contribution in [-0.2, 0) is 4.79 Å². The molecule has 1 saturated carbocycles. The molecule has 1 atom stereocenters. The van der Waals surface area contributed by atoms with Gasteiger partial charge < -0.3 is 5.11 Å². The second kappa shape index (κ2) is 9.39. The summed E-state index contributed by atoms with van der Waals surface area (Å²) >= 11 is 0. The molecule has 2 nitrogen and oxygen atoms in total. The summed E-state index contributed by atoms with van der Waals surface area (Å²) in [7, 11) is 0. The minimum absolute atomic E-state index is 0.0493. The maximum atomic E-state index is 10.9. The van der Waals surface area contributed by atoms with Gasteiger partial charge in [0.15, 0.2) is 0 Å². The van der Waals surface area contributed by atoms with Gasteiger partial charge in [-0.2, -0.15) is 0 Å². The molecule has 1 rings (SSSR count). The zero-order valence-electron chi connectivity index (χ0n) is 12.9. The Morgan fingerprint density at radius 1 is 1.11 bits per heavy atom. The zero-order valence-corrected chi connectivity index (χ0v) is 12.9. The number of hydrogen-bond donors (Lipinski definition) is 1. The average molecular weight is 268 g/mol. The van der Waals surface area contributed by atoms with Crippen LogP contribution in [0.5, 0.6) is 0 Å². The Hall–Kier alpha value is -0.530. The first kappa shape index (κ1) is 16.5. The van der Waals surface area contributed by atoms with Crippen LogP contribution in [0, 0.1) is 17.8 Å². The summed E-state index contributed by atoms with van der Waals surface area (Å²) < 4.78 is 0. The molecule has 0 heterocycles. The van der Waals surface area contributed by atoms with Crippen molar-refractivity contribution in [1.29, 1.82) is 0 Å². The van der Waals surface area contributed by atoms with Gasteiger partial charge in [-0.3, -0.25) is 4.79 Å². The Kier molecular flexibility index (Phi) is 8.16. The number of aliphatic carboxylic acids is 1. The van der Waals surface area contributed by atoms with Crippen molar-refractivity contribution < 1.29 is 9.90 Å². The van der Waals surface area contributed by atoms with Crippen molar-refractivity contribution in [3.8, 4) is 0 Å². The van der Waals surface area contributed by atoms with Gasteiger partial charge in [0.25, 0.3) is 0 Å². The van der Waals surface area contributed by atoms with E-state index < -0.39 is 5.97 Å². The summed E-state index contributed by atoms with van der Waals surface area (Å²) in [6.07, 6.45) is 13.6. The number of rotatable bonds is 9. The molecule has 0 bridgehead atoms. The normalized spacial score (nSPS) is 25.2. The van der Waals surface area contributed by atoms with Crippen LogP contribution in [-0.4, -0.2) is 11.1 Å². The summed E-state index contributed by atoms with van der Waals surface area (Å²) in [6.45, 7) is 4.62. The van der Waals surface area contributed by atoms with Crippen LogP contribution in [0.15, 0.2) is 0 Å². The van der Waals surface area contributed by atoms with Gasteiger partial charge in [0.05, 0.1) is 5.92 Å². The number of hydrogen-bond acceptors (Lipinski definition) is 1. The van der Waals surface area contributed by atoms with Crippen LogP contribution < -0.4 is 0 Å². The number of unbranched alkanes of at least 4 members (excludes halogenated alkanes) is 3. The van der Waals surface area contributed by atoms with Crippen molar-refractivity contribution >= 4 is 5.97 Å². The van der Waals surface area contributed by atoms with E-state index in [1.807, 2.05) is 0 Å². The molecule has 0 radical (unpaired) electrons. The predicted molar refractivity (Wildman–Crippen MR) is 80.2 cm³/mol. The van der Waals surface area contributed by atoms with Crippen LogP contribution in [0.2, 0.25) is 0 Å². The van der Waals surface area contributed by atoms with Crippen molar-refractivity contribution in [1.82, 2.24) is 0 Å². The molecule has 0 aliphatic heterocycles. The molecule has 0 unspecified atom stereocenters. The van der Waals surface area contributed by atoms with E-state index in [1.165, 1.54) is 44.9 Å². The minimum Gasteiger partial charge on any atom is -0.481 e. The first-order valence-corrected chi connectivity index (χ1v) is 8.36. The Morgan fingerprint density at radius 3 is 2.32 bits per heavy atom.